The molecule has 0 bridgehead atoms. The predicted molar refractivity (Wildman–Crippen MR) is 94.8 cm³/mol. The Bertz CT molecular complexity index is 940. The number of amides is 2. The molecule has 1 fully saturated rings. The van der Waals surface area contributed by atoms with Crippen LogP contribution < -0.4 is 15.8 Å². The SMILES string of the molecule is O=C(Cn1ncc2c(c1=O)N(C1CC1)C(=O)CS2)Nc1ccc(F)cc1. The van der Waals surface area contributed by atoms with E-state index in [4.69, 9.17) is 0 Å². The zero-order valence-electron chi connectivity index (χ0n) is 13.6. The molecule has 7 nitrogen and oxygen atoms in total. The van der Waals surface area contributed by atoms with E-state index >= 15 is 0 Å². The van der Waals surface area contributed by atoms with Crippen molar-refractivity contribution in [2.45, 2.75) is 30.3 Å². The van der Waals surface area contributed by atoms with Gasteiger partial charge < -0.3 is 10.2 Å². The summed E-state index contributed by atoms with van der Waals surface area (Å²) in [6.07, 6.45) is 3.28. The number of carbonyl (C=O) groups is 2. The number of fused-ring (bicyclic) bond motifs is 1. The molecular weight excluding hydrogens is 359 g/mol. The third-order valence-electron chi connectivity index (χ3n) is 4.18. The van der Waals surface area contributed by atoms with Gasteiger partial charge in [0.2, 0.25) is 11.8 Å². The summed E-state index contributed by atoms with van der Waals surface area (Å²) in [6, 6.07) is 5.39. The molecule has 1 aromatic heterocycles. The minimum absolute atomic E-state index is 0.0683. The van der Waals surface area contributed by atoms with Crippen LogP contribution in [0.1, 0.15) is 12.8 Å². The number of rotatable bonds is 4. The molecule has 0 atom stereocenters. The molecule has 0 saturated heterocycles. The van der Waals surface area contributed by atoms with Gasteiger partial charge in [-0.15, -0.1) is 11.8 Å². The minimum atomic E-state index is -0.459. The number of hydrogen-bond donors (Lipinski definition) is 1. The van der Waals surface area contributed by atoms with Gasteiger partial charge in [-0.25, -0.2) is 9.07 Å². The summed E-state index contributed by atoms with van der Waals surface area (Å²) in [5, 5.41) is 6.64. The van der Waals surface area contributed by atoms with Gasteiger partial charge in [0.15, 0.2) is 0 Å². The monoisotopic (exact) mass is 374 g/mol. The van der Waals surface area contributed by atoms with Gasteiger partial charge in [0.25, 0.3) is 5.56 Å². The summed E-state index contributed by atoms with van der Waals surface area (Å²) in [5.41, 5.74) is 0.287. The lowest BCUT2D eigenvalue weighted by atomic mass is 10.3. The number of nitrogens with one attached hydrogen (secondary N) is 1. The molecule has 2 aliphatic rings. The molecule has 0 spiro atoms. The number of benzene rings is 1. The first-order valence-corrected chi connectivity index (χ1v) is 9.12. The highest BCUT2D eigenvalue weighted by Crippen LogP contribution is 2.38. The zero-order valence-corrected chi connectivity index (χ0v) is 14.5. The first-order chi connectivity index (χ1) is 12.5. The van der Waals surface area contributed by atoms with Gasteiger partial charge in [0, 0.05) is 11.7 Å². The second kappa shape index (κ2) is 6.56. The standard InChI is InChI=1S/C17H15FN4O3S/c18-10-1-3-11(4-2-10)20-14(23)8-21-17(25)16-13(7-19-21)26-9-15(24)22(16)12-5-6-12/h1-4,7,12H,5-6,8-9H2,(H,20,23). The molecule has 26 heavy (non-hydrogen) atoms. The van der Waals surface area contributed by atoms with E-state index < -0.39 is 17.3 Å². The van der Waals surface area contributed by atoms with Crippen molar-refractivity contribution in [1.82, 2.24) is 9.78 Å². The lowest BCUT2D eigenvalue weighted by Crippen LogP contribution is -2.43. The van der Waals surface area contributed by atoms with E-state index in [0.29, 0.717) is 22.0 Å². The van der Waals surface area contributed by atoms with Crippen molar-refractivity contribution in [1.29, 1.82) is 0 Å². The Morgan fingerprint density at radius 3 is 2.69 bits per heavy atom. The van der Waals surface area contributed by atoms with E-state index in [-0.39, 0.29) is 18.5 Å². The summed E-state index contributed by atoms with van der Waals surface area (Å²) >= 11 is 1.29. The van der Waals surface area contributed by atoms with Crippen LogP contribution in [0, 0.1) is 5.82 Å². The largest absolute Gasteiger partial charge is 0.324 e. The number of anilines is 2. The molecule has 1 aromatic carbocycles. The van der Waals surface area contributed by atoms with Crippen LogP contribution in [-0.2, 0) is 16.1 Å². The van der Waals surface area contributed by atoms with Crippen molar-refractivity contribution >= 4 is 35.0 Å². The maximum absolute atomic E-state index is 12.9. The van der Waals surface area contributed by atoms with Gasteiger partial charge in [-0.1, -0.05) is 0 Å². The summed E-state index contributed by atoms with van der Waals surface area (Å²) in [5.74, 6) is -0.660. The zero-order chi connectivity index (χ0) is 18.3. The maximum Gasteiger partial charge on any atom is 0.292 e. The molecule has 2 amide bonds. The molecule has 2 aromatic rings. The van der Waals surface area contributed by atoms with Gasteiger partial charge in [-0.3, -0.25) is 14.4 Å². The third kappa shape index (κ3) is 3.22. The van der Waals surface area contributed by atoms with Crippen molar-refractivity contribution in [3.05, 3.63) is 46.6 Å². The lowest BCUT2D eigenvalue weighted by Gasteiger charge is -2.28. The Morgan fingerprint density at radius 2 is 2.00 bits per heavy atom. The molecule has 1 aliphatic carbocycles. The fraction of sp³-hybridized carbons (Fsp3) is 0.294. The van der Waals surface area contributed by atoms with Crippen LogP contribution >= 0.6 is 11.8 Å². The van der Waals surface area contributed by atoms with Crippen LogP contribution in [0.25, 0.3) is 0 Å². The average Bonchev–Trinajstić information content (AvgIpc) is 3.44. The summed E-state index contributed by atoms with van der Waals surface area (Å²) in [4.78, 5) is 39.4. The molecule has 4 rings (SSSR count). The maximum atomic E-state index is 12.9. The fourth-order valence-corrected chi connectivity index (χ4v) is 3.69. The van der Waals surface area contributed by atoms with Crippen LogP contribution in [0.2, 0.25) is 0 Å². The average molecular weight is 374 g/mol. The van der Waals surface area contributed by atoms with Crippen molar-refractivity contribution in [2.75, 3.05) is 16.0 Å². The van der Waals surface area contributed by atoms with Crippen molar-refractivity contribution in [2.24, 2.45) is 0 Å². The Labute approximate surface area is 152 Å². The lowest BCUT2D eigenvalue weighted by molar-refractivity contribution is -0.117. The highest BCUT2D eigenvalue weighted by molar-refractivity contribution is 8.00. The van der Waals surface area contributed by atoms with Crippen LogP contribution in [-0.4, -0.2) is 33.4 Å². The van der Waals surface area contributed by atoms with Crippen LogP contribution in [0.4, 0.5) is 15.8 Å². The normalized spacial score (nSPS) is 16.3. The molecule has 1 aliphatic heterocycles. The van der Waals surface area contributed by atoms with Gasteiger partial charge in [0.1, 0.15) is 18.0 Å². The number of carbonyl (C=O) groups excluding carboxylic acids is 2. The van der Waals surface area contributed by atoms with E-state index in [9.17, 15) is 18.8 Å². The molecule has 134 valence electrons. The Balaban J connectivity index is 1.58. The molecule has 2 heterocycles. The quantitative estimate of drug-likeness (QED) is 0.879. The smallest absolute Gasteiger partial charge is 0.292 e. The third-order valence-corrected chi connectivity index (χ3v) is 5.18. The summed E-state index contributed by atoms with van der Waals surface area (Å²) in [7, 11) is 0. The highest BCUT2D eigenvalue weighted by Gasteiger charge is 2.39. The van der Waals surface area contributed by atoms with E-state index in [1.807, 2.05) is 0 Å². The van der Waals surface area contributed by atoms with Gasteiger partial charge in [-0.2, -0.15) is 5.10 Å². The first kappa shape index (κ1) is 16.8. The number of thioether (sulfide) groups is 1. The van der Waals surface area contributed by atoms with Crippen molar-refractivity contribution < 1.29 is 14.0 Å². The Hall–Kier alpha value is -2.68. The van der Waals surface area contributed by atoms with Gasteiger partial charge in [0.05, 0.1) is 16.8 Å². The number of hydrogen-bond acceptors (Lipinski definition) is 5. The molecule has 9 heteroatoms. The van der Waals surface area contributed by atoms with Crippen molar-refractivity contribution in [3.63, 3.8) is 0 Å². The topological polar surface area (TPSA) is 84.3 Å². The molecule has 1 saturated carbocycles. The number of nitrogens with zero attached hydrogens (tertiary/aromatic N) is 3. The molecule has 1 N–H and O–H groups in total. The van der Waals surface area contributed by atoms with Crippen molar-refractivity contribution in [3.8, 4) is 0 Å². The first-order valence-electron chi connectivity index (χ1n) is 8.13. The second-order valence-corrected chi connectivity index (χ2v) is 7.18. The van der Waals surface area contributed by atoms with Crippen LogP contribution in [0.15, 0.2) is 40.2 Å². The summed E-state index contributed by atoms with van der Waals surface area (Å²) < 4.78 is 14.0. The van der Waals surface area contributed by atoms with E-state index in [1.165, 1.54) is 42.2 Å². The van der Waals surface area contributed by atoms with Gasteiger partial charge >= 0.3 is 0 Å². The summed E-state index contributed by atoms with van der Waals surface area (Å²) in [6.45, 7) is -0.291. The fourth-order valence-electron chi connectivity index (χ4n) is 2.83. The van der Waals surface area contributed by atoms with E-state index in [2.05, 4.69) is 10.4 Å². The molecule has 0 unspecified atom stereocenters. The Kier molecular flexibility index (Phi) is 4.23. The minimum Gasteiger partial charge on any atom is -0.324 e. The number of aromatic nitrogens is 2. The predicted octanol–water partition coefficient (Wildman–Crippen LogP) is 1.62. The van der Waals surface area contributed by atoms with E-state index in [0.717, 1.165) is 17.5 Å². The van der Waals surface area contributed by atoms with E-state index in [1.54, 1.807) is 4.90 Å². The van der Waals surface area contributed by atoms with Crippen LogP contribution in [0.5, 0.6) is 0 Å². The molecule has 0 radical (unpaired) electrons. The molecular formula is C17H15FN4O3S. The highest BCUT2D eigenvalue weighted by atomic mass is 32.2. The number of halogens is 1. The Morgan fingerprint density at radius 1 is 1.27 bits per heavy atom. The van der Waals surface area contributed by atoms with Gasteiger partial charge in [-0.05, 0) is 37.1 Å². The second-order valence-electron chi connectivity index (χ2n) is 6.16. The van der Waals surface area contributed by atoms with Crippen LogP contribution in [0.3, 0.4) is 0 Å².